The molecule has 0 aromatic carbocycles. The molecule has 0 bridgehead atoms. The van der Waals surface area contributed by atoms with Crippen LogP contribution in [0.2, 0.25) is 0 Å². The van der Waals surface area contributed by atoms with E-state index in [0.29, 0.717) is 0 Å². The summed E-state index contributed by atoms with van der Waals surface area (Å²) in [6, 6.07) is 0. The second kappa shape index (κ2) is 44.7. The van der Waals surface area contributed by atoms with Gasteiger partial charge in [0.15, 0.2) is 0 Å². The van der Waals surface area contributed by atoms with Crippen molar-refractivity contribution in [3.05, 3.63) is 0 Å². The monoisotopic (exact) mass is 731 g/mol. The molecule has 0 aromatic heterocycles. The van der Waals surface area contributed by atoms with Crippen LogP contribution in [-0.4, -0.2) is 0 Å². The fourth-order valence-electron chi connectivity index (χ4n) is 0. The van der Waals surface area contributed by atoms with Gasteiger partial charge in [-0.1, -0.05) is 0 Å². The Hall–Kier alpha value is 4.86. The Morgan fingerprint density at radius 1 is 1.00 bits per heavy atom. The molecule has 7 heavy (non-hydrogen) atoms. The molecule has 0 N–H and O–H groups in total. The molecule has 0 unspecified atom stereocenters. The quantitative estimate of drug-likeness (QED) is 0.308. The molecule has 0 saturated heterocycles. The number of hydrogen-bond donors (Lipinski definition) is 0. The molecule has 0 fully saturated rings. The van der Waals surface area contributed by atoms with Crippen LogP contribution in [0.25, 0.3) is 0 Å². The summed E-state index contributed by atoms with van der Waals surface area (Å²) in [6.07, 6.45) is 0. The van der Waals surface area contributed by atoms with E-state index in [-0.39, 0.29) is 149 Å². The second-order valence-corrected chi connectivity index (χ2v) is 0. The minimum absolute atomic E-state index is 0. The van der Waals surface area contributed by atoms with Gasteiger partial charge >= 0.3 is 0 Å². The van der Waals surface area contributed by atoms with E-state index in [1.807, 2.05) is 0 Å². The van der Waals surface area contributed by atoms with Gasteiger partial charge in [-0.2, -0.15) is 0 Å². The molecule has 7 heteroatoms. The van der Waals surface area contributed by atoms with Gasteiger partial charge in [-0.3, -0.25) is 0 Å². The first-order chi connectivity index (χ1) is 0. The average molecular weight is 731 g/mol. The van der Waals surface area contributed by atoms with Crippen molar-refractivity contribution in [2.75, 3.05) is 0 Å². The van der Waals surface area contributed by atoms with E-state index >= 15 is 0 Å². The predicted octanol–water partition coefficient (Wildman–Crippen LogP) is -0.0175. The summed E-state index contributed by atoms with van der Waals surface area (Å²) < 4.78 is 0. The maximum Gasteiger partial charge on any atom is 0 e. The van der Waals surface area contributed by atoms with E-state index in [9.17, 15) is 0 Å². The van der Waals surface area contributed by atoms with Crippen molar-refractivity contribution in [2.24, 2.45) is 0 Å². The first-order valence-electron chi connectivity index (χ1n) is 0. The molecule has 2 radical (unpaired) electrons. The van der Waals surface area contributed by atoms with Crippen molar-refractivity contribution in [3.63, 3.8) is 0 Å². The standard InChI is InChI=1S/Mn.Mo.Pt.Ta.Ti.Zn.Zr. The van der Waals surface area contributed by atoms with E-state index in [2.05, 4.69) is 0 Å². The first kappa shape index (κ1) is 59.2. The fraction of sp³-hybridized carbons (Fsp3) is 0. The van der Waals surface area contributed by atoms with Crippen LogP contribution in [0.4, 0.5) is 0 Å². The zero-order chi connectivity index (χ0) is 0. The largest absolute Gasteiger partial charge is 0 e. The molecule has 0 atom stereocenters. The molecule has 0 spiro atoms. The second-order valence-electron chi connectivity index (χ2n) is 0. The maximum absolute atomic E-state index is 0. The topological polar surface area (TPSA) is 0 Å². The van der Waals surface area contributed by atoms with Crippen LogP contribution >= 0.6 is 0 Å². The van der Waals surface area contributed by atoms with Crippen LogP contribution in [0.3, 0.4) is 0 Å². The van der Waals surface area contributed by atoms with E-state index in [1.54, 1.807) is 0 Å². The smallest absolute Gasteiger partial charge is 0 e. The van der Waals surface area contributed by atoms with E-state index in [1.165, 1.54) is 0 Å². The Morgan fingerprint density at radius 3 is 1.00 bits per heavy atom. The summed E-state index contributed by atoms with van der Waals surface area (Å²) in [4.78, 5) is 0. The van der Waals surface area contributed by atoms with Crippen LogP contribution in [0.1, 0.15) is 0 Å². The van der Waals surface area contributed by atoms with Crippen molar-refractivity contribution < 1.29 is 149 Å². The van der Waals surface area contributed by atoms with Crippen molar-refractivity contribution in [3.8, 4) is 0 Å². The number of rotatable bonds is 0. The SMILES string of the molecule is [Mn].[Mo].[Pt].[Ta].[Ti].[Zn].[Zr]. The molecule has 0 saturated carbocycles. The molecule has 0 aliphatic heterocycles. The Labute approximate surface area is 146 Å². The number of hydrogen-bond acceptors (Lipinski definition) is 0. The molecular formula is MnMoPtTaTiZnZr. The summed E-state index contributed by atoms with van der Waals surface area (Å²) in [5, 5.41) is 0. The maximum atomic E-state index is 0. The summed E-state index contributed by atoms with van der Waals surface area (Å²) in [5.74, 6) is 0. The third-order valence-corrected chi connectivity index (χ3v) is 0. The van der Waals surface area contributed by atoms with E-state index < -0.39 is 0 Å². The molecule has 0 aliphatic carbocycles. The third kappa shape index (κ3) is 36.1. The normalized spacial score (nSPS) is 0. The van der Waals surface area contributed by atoms with Gasteiger partial charge < -0.3 is 0 Å². The Kier molecular flexibility index (Phi) is 378. The summed E-state index contributed by atoms with van der Waals surface area (Å²) >= 11 is 0. The van der Waals surface area contributed by atoms with Crippen molar-refractivity contribution in [1.29, 1.82) is 0 Å². The molecule has 0 rings (SSSR count). The molecule has 0 heterocycles. The minimum Gasteiger partial charge on any atom is 0 e. The van der Waals surface area contributed by atoms with Crippen LogP contribution in [0.15, 0.2) is 0 Å². The Morgan fingerprint density at radius 2 is 1.00 bits per heavy atom. The molecular weight excluding hydrogens is 731 g/mol. The van der Waals surface area contributed by atoms with Gasteiger partial charge in [-0.05, 0) is 0 Å². The van der Waals surface area contributed by atoms with Crippen LogP contribution in [0, 0.1) is 0 Å². The van der Waals surface area contributed by atoms with Gasteiger partial charge in [0.05, 0.1) is 0 Å². The summed E-state index contributed by atoms with van der Waals surface area (Å²) in [6.45, 7) is 0. The van der Waals surface area contributed by atoms with Gasteiger partial charge in [0.1, 0.15) is 0 Å². The van der Waals surface area contributed by atoms with Crippen molar-refractivity contribution in [1.82, 2.24) is 0 Å². The van der Waals surface area contributed by atoms with Crippen LogP contribution in [0.5, 0.6) is 0 Å². The minimum atomic E-state index is 0. The van der Waals surface area contributed by atoms with E-state index in [4.69, 9.17) is 0 Å². The van der Waals surface area contributed by atoms with Crippen molar-refractivity contribution >= 4 is 0 Å². The average Bonchev–Trinajstić information content (AvgIpc) is 0. The third-order valence-electron chi connectivity index (χ3n) is 0. The zero-order valence-corrected chi connectivity index (χ0v) is 18.9. The summed E-state index contributed by atoms with van der Waals surface area (Å²) in [5.41, 5.74) is 0. The van der Waals surface area contributed by atoms with Crippen LogP contribution in [-0.2, 0) is 149 Å². The molecule has 38 valence electrons. The Bertz CT molecular complexity index is 19.7. The van der Waals surface area contributed by atoms with Crippen LogP contribution < -0.4 is 0 Å². The van der Waals surface area contributed by atoms with Gasteiger partial charge in [0.2, 0.25) is 0 Å². The van der Waals surface area contributed by atoms with Crippen molar-refractivity contribution in [2.45, 2.75) is 0 Å². The van der Waals surface area contributed by atoms with E-state index in [0.717, 1.165) is 0 Å². The van der Waals surface area contributed by atoms with Gasteiger partial charge in [0, 0.05) is 149 Å². The molecule has 0 aliphatic rings. The molecule has 0 aromatic rings. The predicted molar refractivity (Wildman–Crippen MR) is 0 cm³/mol. The van der Waals surface area contributed by atoms with Gasteiger partial charge in [-0.15, -0.1) is 0 Å². The first-order valence-corrected chi connectivity index (χ1v) is 0. The fourth-order valence-corrected chi connectivity index (χ4v) is 0. The molecule has 0 nitrogen and oxygen atoms in total. The zero-order valence-electron chi connectivity index (χ0n) is 3.26. The molecule has 0 amide bonds. The van der Waals surface area contributed by atoms with Gasteiger partial charge in [-0.25, -0.2) is 0 Å². The Balaban J connectivity index is 0. The van der Waals surface area contributed by atoms with Gasteiger partial charge in [0.25, 0.3) is 0 Å². The summed E-state index contributed by atoms with van der Waals surface area (Å²) in [7, 11) is 0.